The Morgan fingerprint density at radius 2 is 2.14 bits per heavy atom. The van der Waals surface area contributed by atoms with Gasteiger partial charge in [-0.05, 0) is 64.3 Å². The number of aromatic hydroxyl groups is 1. The van der Waals surface area contributed by atoms with Crippen LogP contribution >= 0.6 is 15.9 Å². The molecule has 2 aromatic carbocycles. The Labute approximate surface area is 131 Å². The lowest BCUT2D eigenvalue weighted by molar-refractivity contribution is 0.102. The summed E-state index contributed by atoms with van der Waals surface area (Å²) in [6, 6.07) is 10.7. The number of benzene rings is 2. The molecule has 0 unspecified atom stereocenters. The molecule has 0 atom stereocenters. The fraction of sp³-hybridized carbons (Fsp3) is 0.188. The summed E-state index contributed by atoms with van der Waals surface area (Å²) in [6.45, 7) is 1.72. The van der Waals surface area contributed by atoms with Gasteiger partial charge in [0.15, 0.2) is 0 Å². The molecule has 21 heavy (non-hydrogen) atoms. The van der Waals surface area contributed by atoms with E-state index in [0.717, 1.165) is 30.8 Å². The van der Waals surface area contributed by atoms with Crippen LogP contribution in [0, 0.1) is 0 Å². The normalized spacial score (nSPS) is 13.6. The van der Waals surface area contributed by atoms with E-state index >= 15 is 0 Å². The molecule has 0 saturated carbocycles. The van der Waals surface area contributed by atoms with Gasteiger partial charge in [-0.2, -0.15) is 0 Å². The average molecular weight is 347 g/mol. The standard InChI is InChI=1S/C16H15BrN2O2/c17-13-5-4-11(8-15(13)20)16(21)19-14-3-1-2-10-6-7-18-9-12(10)14/h1-5,8,18,20H,6-7,9H2,(H,19,21). The highest BCUT2D eigenvalue weighted by Gasteiger charge is 2.15. The fourth-order valence-electron chi connectivity index (χ4n) is 2.48. The largest absolute Gasteiger partial charge is 0.507 e. The van der Waals surface area contributed by atoms with Crippen molar-refractivity contribution >= 4 is 27.5 Å². The van der Waals surface area contributed by atoms with Gasteiger partial charge in [-0.15, -0.1) is 0 Å². The molecule has 3 rings (SSSR count). The van der Waals surface area contributed by atoms with Crippen LogP contribution in [0.3, 0.4) is 0 Å². The van der Waals surface area contributed by atoms with Crippen LogP contribution in [-0.2, 0) is 13.0 Å². The van der Waals surface area contributed by atoms with E-state index < -0.39 is 0 Å². The van der Waals surface area contributed by atoms with Crippen molar-refractivity contribution in [1.82, 2.24) is 5.32 Å². The summed E-state index contributed by atoms with van der Waals surface area (Å²) in [5.74, 6) is -0.170. The summed E-state index contributed by atoms with van der Waals surface area (Å²) in [5.41, 5.74) is 3.66. The van der Waals surface area contributed by atoms with Crippen LogP contribution in [0.1, 0.15) is 21.5 Å². The Balaban J connectivity index is 1.86. The molecule has 4 nitrogen and oxygen atoms in total. The van der Waals surface area contributed by atoms with Crippen LogP contribution in [0.5, 0.6) is 5.75 Å². The molecular formula is C16H15BrN2O2. The Hall–Kier alpha value is -1.85. The number of rotatable bonds is 2. The predicted octanol–water partition coefficient (Wildman–Crippen LogP) is 3.05. The van der Waals surface area contributed by atoms with Gasteiger partial charge in [0.05, 0.1) is 4.47 Å². The van der Waals surface area contributed by atoms with E-state index in [2.05, 4.69) is 32.6 Å². The second-order valence-electron chi connectivity index (χ2n) is 4.99. The van der Waals surface area contributed by atoms with E-state index in [0.29, 0.717) is 10.0 Å². The second-order valence-corrected chi connectivity index (χ2v) is 5.84. The average Bonchev–Trinajstić information content (AvgIpc) is 2.50. The Morgan fingerprint density at radius 1 is 1.29 bits per heavy atom. The highest BCUT2D eigenvalue weighted by molar-refractivity contribution is 9.10. The first kappa shape index (κ1) is 14.1. The lowest BCUT2D eigenvalue weighted by Gasteiger charge is -2.20. The maximum absolute atomic E-state index is 12.3. The van der Waals surface area contributed by atoms with Gasteiger partial charge in [0.25, 0.3) is 5.91 Å². The first-order valence-electron chi connectivity index (χ1n) is 6.76. The number of carbonyl (C=O) groups excluding carboxylic acids is 1. The molecule has 0 radical (unpaired) electrons. The third-order valence-electron chi connectivity index (χ3n) is 3.60. The SMILES string of the molecule is O=C(Nc1cccc2c1CNCC2)c1ccc(Br)c(O)c1. The van der Waals surface area contributed by atoms with Crippen LogP contribution in [0.15, 0.2) is 40.9 Å². The molecule has 1 heterocycles. The Kier molecular flexibility index (Phi) is 3.94. The van der Waals surface area contributed by atoms with Gasteiger partial charge in [0.2, 0.25) is 0 Å². The van der Waals surface area contributed by atoms with Crippen molar-refractivity contribution in [3.05, 3.63) is 57.6 Å². The van der Waals surface area contributed by atoms with Crippen molar-refractivity contribution in [2.75, 3.05) is 11.9 Å². The van der Waals surface area contributed by atoms with Gasteiger partial charge in [-0.3, -0.25) is 4.79 Å². The van der Waals surface area contributed by atoms with E-state index in [1.807, 2.05) is 12.1 Å². The molecule has 0 aliphatic carbocycles. The van der Waals surface area contributed by atoms with Crippen molar-refractivity contribution in [3.8, 4) is 5.75 Å². The molecule has 0 aromatic heterocycles. The number of carbonyl (C=O) groups is 1. The van der Waals surface area contributed by atoms with Gasteiger partial charge in [0.1, 0.15) is 5.75 Å². The minimum atomic E-state index is -0.225. The molecule has 1 aliphatic rings. The summed E-state index contributed by atoms with van der Waals surface area (Å²) < 4.78 is 0.570. The highest BCUT2D eigenvalue weighted by Crippen LogP contribution is 2.26. The number of amides is 1. The van der Waals surface area contributed by atoms with Gasteiger partial charge in [-0.25, -0.2) is 0 Å². The Morgan fingerprint density at radius 3 is 2.95 bits per heavy atom. The number of halogens is 1. The first-order chi connectivity index (χ1) is 10.1. The zero-order chi connectivity index (χ0) is 14.8. The van der Waals surface area contributed by atoms with Crippen molar-refractivity contribution < 1.29 is 9.90 Å². The lowest BCUT2D eigenvalue weighted by Crippen LogP contribution is -2.25. The van der Waals surface area contributed by atoms with Gasteiger partial charge in [0, 0.05) is 17.8 Å². The molecule has 1 aliphatic heterocycles. The van der Waals surface area contributed by atoms with E-state index in [4.69, 9.17) is 0 Å². The number of hydrogen-bond donors (Lipinski definition) is 3. The minimum absolute atomic E-state index is 0.0550. The summed E-state index contributed by atoms with van der Waals surface area (Å²) in [6.07, 6.45) is 0.970. The topological polar surface area (TPSA) is 61.4 Å². The van der Waals surface area contributed by atoms with Crippen LogP contribution < -0.4 is 10.6 Å². The molecule has 0 bridgehead atoms. The fourth-order valence-corrected chi connectivity index (χ4v) is 2.73. The maximum atomic E-state index is 12.3. The molecule has 0 spiro atoms. The molecule has 3 N–H and O–H groups in total. The zero-order valence-electron chi connectivity index (χ0n) is 11.3. The van der Waals surface area contributed by atoms with Gasteiger partial charge < -0.3 is 15.7 Å². The molecule has 5 heteroatoms. The highest BCUT2D eigenvalue weighted by atomic mass is 79.9. The first-order valence-corrected chi connectivity index (χ1v) is 7.56. The molecule has 0 saturated heterocycles. The third kappa shape index (κ3) is 2.94. The van der Waals surface area contributed by atoms with Crippen LogP contribution in [0.2, 0.25) is 0 Å². The van der Waals surface area contributed by atoms with Gasteiger partial charge in [-0.1, -0.05) is 12.1 Å². The van der Waals surface area contributed by atoms with Crippen molar-refractivity contribution in [2.24, 2.45) is 0 Å². The number of anilines is 1. The smallest absolute Gasteiger partial charge is 0.255 e. The molecule has 0 fully saturated rings. The number of nitrogens with one attached hydrogen (secondary N) is 2. The summed E-state index contributed by atoms with van der Waals surface area (Å²) >= 11 is 3.20. The monoisotopic (exact) mass is 346 g/mol. The molecule has 2 aromatic rings. The van der Waals surface area contributed by atoms with Crippen LogP contribution in [0.25, 0.3) is 0 Å². The van der Waals surface area contributed by atoms with Crippen LogP contribution in [0.4, 0.5) is 5.69 Å². The lowest BCUT2D eigenvalue weighted by atomic mass is 9.99. The zero-order valence-corrected chi connectivity index (χ0v) is 12.9. The molecular weight excluding hydrogens is 332 g/mol. The molecule has 108 valence electrons. The summed E-state index contributed by atoms with van der Waals surface area (Å²) in [4.78, 5) is 12.3. The number of phenols is 1. The number of phenolic OH excluding ortho intramolecular Hbond substituents is 1. The minimum Gasteiger partial charge on any atom is -0.507 e. The van der Waals surface area contributed by atoms with E-state index in [1.165, 1.54) is 11.6 Å². The van der Waals surface area contributed by atoms with Gasteiger partial charge >= 0.3 is 0 Å². The second kappa shape index (κ2) is 5.87. The number of hydrogen-bond acceptors (Lipinski definition) is 3. The predicted molar refractivity (Wildman–Crippen MR) is 85.6 cm³/mol. The van der Waals surface area contributed by atoms with E-state index in [9.17, 15) is 9.90 Å². The van der Waals surface area contributed by atoms with E-state index in [1.54, 1.807) is 12.1 Å². The summed E-state index contributed by atoms with van der Waals surface area (Å²) in [7, 11) is 0. The maximum Gasteiger partial charge on any atom is 0.255 e. The Bertz CT molecular complexity index is 701. The van der Waals surface area contributed by atoms with Crippen molar-refractivity contribution in [1.29, 1.82) is 0 Å². The summed E-state index contributed by atoms with van der Waals surface area (Å²) in [5, 5.41) is 15.9. The third-order valence-corrected chi connectivity index (χ3v) is 4.27. The van der Waals surface area contributed by atoms with Crippen molar-refractivity contribution in [2.45, 2.75) is 13.0 Å². The van der Waals surface area contributed by atoms with Crippen LogP contribution in [-0.4, -0.2) is 17.6 Å². The van der Waals surface area contributed by atoms with Crippen molar-refractivity contribution in [3.63, 3.8) is 0 Å². The van der Waals surface area contributed by atoms with E-state index in [-0.39, 0.29) is 11.7 Å². The number of fused-ring (bicyclic) bond motifs is 1. The molecule has 1 amide bonds. The quantitative estimate of drug-likeness (QED) is 0.783.